The van der Waals surface area contributed by atoms with Crippen molar-refractivity contribution in [3.8, 4) is 0 Å². The molecule has 0 spiro atoms. The summed E-state index contributed by atoms with van der Waals surface area (Å²) in [4.78, 5) is 4.24. The van der Waals surface area contributed by atoms with E-state index in [0.717, 1.165) is 17.5 Å². The summed E-state index contributed by atoms with van der Waals surface area (Å²) >= 11 is 6.08. The van der Waals surface area contributed by atoms with Gasteiger partial charge in [-0.05, 0) is 44.4 Å². The van der Waals surface area contributed by atoms with Crippen LogP contribution in [-0.2, 0) is 5.41 Å². The smallest absolute Gasteiger partial charge is 0.191 e. The normalized spacial score (nSPS) is 16.6. The summed E-state index contributed by atoms with van der Waals surface area (Å²) in [7, 11) is 1.80. The third kappa shape index (κ3) is 4.52. The molecule has 1 aromatic rings. The second-order valence-corrected chi connectivity index (χ2v) is 5.95. The van der Waals surface area contributed by atoms with Crippen LogP contribution in [0.2, 0.25) is 5.02 Å². The van der Waals surface area contributed by atoms with Crippen molar-refractivity contribution in [2.45, 2.75) is 38.1 Å². The van der Waals surface area contributed by atoms with Gasteiger partial charge in [-0.1, -0.05) is 23.7 Å². The molecular formula is C15H23ClIN3. The first-order valence-corrected chi connectivity index (χ1v) is 7.17. The second-order valence-electron chi connectivity index (χ2n) is 5.52. The topological polar surface area (TPSA) is 36.4 Å². The minimum Gasteiger partial charge on any atom is -0.356 e. The average molecular weight is 408 g/mol. The second kappa shape index (κ2) is 7.50. The molecule has 1 aliphatic carbocycles. The van der Waals surface area contributed by atoms with Gasteiger partial charge < -0.3 is 10.6 Å². The maximum absolute atomic E-state index is 6.08. The summed E-state index contributed by atoms with van der Waals surface area (Å²) in [6.45, 7) is 5.12. The molecule has 5 heteroatoms. The molecule has 0 saturated heterocycles. The quantitative estimate of drug-likeness (QED) is 0.455. The molecule has 2 rings (SSSR count). The van der Waals surface area contributed by atoms with Crippen LogP contribution >= 0.6 is 35.6 Å². The number of rotatable bonds is 4. The maximum Gasteiger partial charge on any atom is 0.191 e. The molecule has 1 saturated carbocycles. The van der Waals surface area contributed by atoms with Crippen molar-refractivity contribution in [1.82, 2.24) is 10.6 Å². The predicted molar refractivity (Wildman–Crippen MR) is 97.4 cm³/mol. The number of aliphatic imine (C=N–C) groups is 1. The molecule has 1 aromatic carbocycles. The van der Waals surface area contributed by atoms with Gasteiger partial charge in [-0.25, -0.2) is 0 Å². The minimum atomic E-state index is 0. The van der Waals surface area contributed by atoms with Crippen molar-refractivity contribution in [2.24, 2.45) is 4.99 Å². The molecule has 0 bridgehead atoms. The van der Waals surface area contributed by atoms with Crippen molar-refractivity contribution < 1.29 is 0 Å². The van der Waals surface area contributed by atoms with Gasteiger partial charge in [-0.15, -0.1) is 24.0 Å². The number of guanidine groups is 1. The number of halogens is 2. The molecule has 112 valence electrons. The highest BCUT2D eigenvalue weighted by Crippen LogP contribution is 2.48. The summed E-state index contributed by atoms with van der Waals surface area (Å²) < 4.78 is 0. The first-order chi connectivity index (χ1) is 9.05. The Morgan fingerprint density at radius 3 is 2.60 bits per heavy atom. The highest BCUT2D eigenvalue weighted by atomic mass is 127. The molecule has 0 amide bonds. The lowest BCUT2D eigenvalue weighted by molar-refractivity contribution is 0.630. The van der Waals surface area contributed by atoms with Crippen molar-refractivity contribution in [3.05, 3.63) is 34.9 Å². The van der Waals surface area contributed by atoms with E-state index in [1.165, 1.54) is 18.4 Å². The molecule has 0 radical (unpaired) electrons. The maximum atomic E-state index is 6.08. The van der Waals surface area contributed by atoms with Crippen LogP contribution in [-0.4, -0.2) is 25.6 Å². The Balaban J connectivity index is 0.00000200. The van der Waals surface area contributed by atoms with Gasteiger partial charge in [0.2, 0.25) is 0 Å². The Kier molecular flexibility index (Phi) is 6.58. The fourth-order valence-corrected chi connectivity index (χ4v) is 2.45. The molecule has 3 nitrogen and oxygen atoms in total. The van der Waals surface area contributed by atoms with Gasteiger partial charge >= 0.3 is 0 Å². The number of benzene rings is 1. The molecule has 20 heavy (non-hydrogen) atoms. The molecule has 2 N–H and O–H groups in total. The molecule has 0 aliphatic heterocycles. The van der Waals surface area contributed by atoms with Crippen LogP contribution < -0.4 is 10.6 Å². The first kappa shape index (κ1) is 17.6. The summed E-state index contributed by atoms with van der Waals surface area (Å²) in [5.74, 6) is 0.864. The molecule has 1 fully saturated rings. The van der Waals surface area contributed by atoms with Crippen LogP contribution in [0, 0.1) is 0 Å². The zero-order valence-electron chi connectivity index (χ0n) is 12.2. The predicted octanol–water partition coefficient (Wildman–Crippen LogP) is 3.56. The van der Waals surface area contributed by atoms with Crippen LogP contribution in [0.1, 0.15) is 32.3 Å². The van der Waals surface area contributed by atoms with E-state index in [-0.39, 0.29) is 29.4 Å². The monoisotopic (exact) mass is 407 g/mol. The number of nitrogens with zero attached hydrogens (tertiary/aromatic N) is 1. The molecule has 0 atom stereocenters. The van der Waals surface area contributed by atoms with Gasteiger partial charge in [0, 0.05) is 30.1 Å². The number of hydrogen-bond acceptors (Lipinski definition) is 1. The Morgan fingerprint density at radius 1 is 1.40 bits per heavy atom. The van der Waals surface area contributed by atoms with Crippen molar-refractivity contribution in [2.75, 3.05) is 13.6 Å². The number of nitrogens with one attached hydrogen (secondary N) is 2. The average Bonchev–Trinajstić information content (AvgIpc) is 3.15. The SMILES string of the molecule is CN=C(NCC1(c2cccc(Cl)c2)CC1)NC(C)C.I. The van der Waals surface area contributed by atoms with Gasteiger partial charge in [0.25, 0.3) is 0 Å². The van der Waals surface area contributed by atoms with Crippen LogP contribution in [0.25, 0.3) is 0 Å². The van der Waals surface area contributed by atoms with Gasteiger partial charge in [0.1, 0.15) is 0 Å². The third-order valence-electron chi connectivity index (χ3n) is 3.53. The minimum absolute atomic E-state index is 0. The van der Waals surface area contributed by atoms with Gasteiger partial charge in [-0.3, -0.25) is 4.99 Å². The Labute approximate surface area is 143 Å². The fourth-order valence-electron chi connectivity index (χ4n) is 2.26. The Bertz CT molecular complexity index is 470. The lowest BCUT2D eigenvalue weighted by Crippen LogP contribution is -2.43. The third-order valence-corrected chi connectivity index (χ3v) is 3.77. The summed E-state index contributed by atoms with van der Waals surface area (Å²) in [6.07, 6.45) is 2.41. The van der Waals surface area contributed by atoms with E-state index in [2.05, 4.69) is 41.6 Å². The Hall–Kier alpha value is -0.490. The van der Waals surface area contributed by atoms with Crippen molar-refractivity contribution in [1.29, 1.82) is 0 Å². The van der Waals surface area contributed by atoms with Crippen LogP contribution in [0.3, 0.4) is 0 Å². The summed E-state index contributed by atoms with van der Waals surface area (Å²) in [5.41, 5.74) is 1.56. The molecule has 0 heterocycles. The standard InChI is InChI=1S/C15H22ClN3.HI/c1-11(2)19-14(17-3)18-10-15(7-8-15)12-5-4-6-13(16)9-12;/h4-6,9,11H,7-8,10H2,1-3H3,(H2,17,18,19);1H. The van der Waals surface area contributed by atoms with E-state index in [4.69, 9.17) is 11.6 Å². The van der Waals surface area contributed by atoms with E-state index in [0.29, 0.717) is 6.04 Å². The van der Waals surface area contributed by atoms with Crippen molar-refractivity contribution in [3.63, 3.8) is 0 Å². The number of hydrogen-bond donors (Lipinski definition) is 2. The fraction of sp³-hybridized carbons (Fsp3) is 0.533. The van der Waals surface area contributed by atoms with E-state index in [9.17, 15) is 0 Å². The highest BCUT2D eigenvalue weighted by molar-refractivity contribution is 14.0. The van der Waals surface area contributed by atoms with E-state index in [1.807, 2.05) is 12.1 Å². The Morgan fingerprint density at radius 2 is 2.10 bits per heavy atom. The van der Waals surface area contributed by atoms with Crippen LogP contribution in [0.5, 0.6) is 0 Å². The highest BCUT2D eigenvalue weighted by Gasteiger charge is 2.44. The van der Waals surface area contributed by atoms with Gasteiger partial charge in [0.15, 0.2) is 5.96 Å². The molecule has 1 aliphatic rings. The summed E-state index contributed by atoms with van der Waals surface area (Å²) in [6, 6.07) is 8.58. The molecule has 0 aromatic heterocycles. The zero-order valence-corrected chi connectivity index (χ0v) is 15.3. The lowest BCUT2D eigenvalue weighted by atomic mass is 9.96. The van der Waals surface area contributed by atoms with E-state index in [1.54, 1.807) is 7.05 Å². The molecule has 0 unspecified atom stereocenters. The largest absolute Gasteiger partial charge is 0.356 e. The van der Waals surface area contributed by atoms with E-state index >= 15 is 0 Å². The van der Waals surface area contributed by atoms with Gasteiger partial charge in [0.05, 0.1) is 0 Å². The zero-order chi connectivity index (χ0) is 13.9. The first-order valence-electron chi connectivity index (χ1n) is 6.79. The van der Waals surface area contributed by atoms with Gasteiger partial charge in [-0.2, -0.15) is 0 Å². The van der Waals surface area contributed by atoms with Crippen LogP contribution in [0.4, 0.5) is 0 Å². The summed E-state index contributed by atoms with van der Waals surface area (Å²) in [5, 5.41) is 7.54. The molecular weight excluding hydrogens is 385 g/mol. The van der Waals surface area contributed by atoms with Crippen LogP contribution in [0.15, 0.2) is 29.3 Å². The van der Waals surface area contributed by atoms with E-state index < -0.39 is 0 Å². The van der Waals surface area contributed by atoms with Crippen molar-refractivity contribution >= 4 is 41.5 Å². The lowest BCUT2D eigenvalue weighted by Gasteiger charge is -2.20.